The fraction of sp³-hybridized carbons (Fsp3) is 0.600. The molecule has 1 aromatic rings. The second kappa shape index (κ2) is 5.34. The van der Waals surface area contributed by atoms with Crippen LogP contribution in [0.15, 0.2) is 18.2 Å². The fourth-order valence-electron chi connectivity index (χ4n) is 2.84. The number of nitro groups is 1. The lowest BCUT2D eigenvalue weighted by molar-refractivity contribution is -0.385. The number of benzene rings is 1. The zero-order valence-electron chi connectivity index (χ0n) is 12.0. The maximum absolute atomic E-state index is 11.1. The molecule has 0 radical (unpaired) electrons. The minimum absolute atomic E-state index is 0.0761. The van der Waals surface area contributed by atoms with E-state index in [9.17, 15) is 10.1 Å². The summed E-state index contributed by atoms with van der Waals surface area (Å²) in [5.74, 6) is 0. The van der Waals surface area contributed by atoms with E-state index >= 15 is 0 Å². The zero-order chi connectivity index (χ0) is 15.0. The lowest BCUT2D eigenvalue weighted by Gasteiger charge is -2.41. The molecular weight excluding hydrogens is 276 g/mol. The summed E-state index contributed by atoms with van der Waals surface area (Å²) in [4.78, 5) is 10.8. The molecule has 110 valence electrons. The molecule has 2 N–H and O–H groups in total. The Morgan fingerprint density at radius 2 is 1.90 bits per heavy atom. The van der Waals surface area contributed by atoms with Crippen LogP contribution in [0, 0.1) is 15.5 Å². The Balaban J connectivity index is 2.20. The van der Waals surface area contributed by atoms with Gasteiger partial charge in [0.15, 0.2) is 0 Å². The first-order valence-corrected chi connectivity index (χ1v) is 7.30. The summed E-state index contributed by atoms with van der Waals surface area (Å²) < 4.78 is 0. The molecule has 0 saturated heterocycles. The number of nitrogens with two attached hydrogens (primary N) is 1. The van der Waals surface area contributed by atoms with E-state index in [1.807, 2.05) is 0 Å². The normalized spacial score (nSPS) is 20.6. The van der Waals surface area contributed by atoms with Gasteiger partial charge in [0.1, 0.15) is 0 Å². The van der Waals surface area contributed by atoms with Gasteiger partial charge < -0.3 is 5.73 Å². The maximum atomic E-state index is 11.1. The van der Waals surface area contributed by atoms with E-state index in [4.69, 9.17) is 17.3 Å². The second-order valence-corrected chi connectivity index (χ2v) is 7.17. The predicted molar refractivity (Wildman–Crippen MR) is 81.0 cm³/mol. The Morgan fingerprint density at radius 3 is 2.45 bits per heavy atom. The van der Waals surface area contributed by atoms with Gasteiger partial charge in [0.05, 0.1) is 4.92 Å². The van der Waals surface area contributed by atoms with E-state index in [2.05, 4.69) is 13.8 Å². The van der Waals surface area contributed by atoms with Gasteiger partial charge in [-0.1, -0.05) is 31.5 Å². The van der Waals surface area contributed by atoms with Crippen LogP contribution in [-0.4, -0.2) is 10.5 Å². The first-order chi connectivity index (χ1) is 9.21. The number of hydrogen-bond donors (Lipinski definition) is 1. The lowest BCUT2D eigenvalue weighted by Crippen LogP contribution is -2.46. The molecule has 4 nitrogen and oxygen atoms in total. The molecule has 0 atom stereocenters. The third-order valence-electron chi connectivity index (χ3n) is 4.39. The van der Waals surface area contributed by atoms with Crippen molar-refractivity contribution in [3.63, 3.8) is 0 Å². The standard InChI is InChI=1S/C15H21ClN2O2/c1-14(2)5-7-15(17,8-6-14)10-11-3-4-12(16)9-13(11)18(19)20/h3-4,9H,5-8,10,17H2,1-2H3. The van der Waals surface area contributed by atoms with Crippen molar-refractivity contribution >= 4 is 17.3 Å². The molecule has 0 aliphatic heterocycles. The highest BCUT2D eigenvalue weighted by molar-refractivity contribution is 6.30. The zero-order valence-corrected chi connectivity index (χ0v) is 12.7. The summed E-state index contributed by atoms with van der Waals surface area (Å²) in [5.41, 5.74) is 7.21. The number of nitrogens with zero attached hydrogens (tertiary/aromatic N) is 1. The van der Waals surface area contributed by atoms with Gasteiger partial charge in [0, 0.05) is 22.2 Å². The van der Waals surface area contributed by atoms with Crippen molar-refractivity contribution in [2.24, 2.45) is 11.1 Å². The Kier molecular flexibility index (Phi) is 4.07. The Hall–Kier alpha value is -1.13. The molecular formula is C15H21ClN2O2. The van der Waals surface area contributed by atoms with Crippen LogP contribution in [-0.2, 0) is 6.42 Å². The van der Waals surface area contributed by atoms with E-state index in [1.165, 1.54) is 6.07 Å². The molecule has 20 heavy (non-hydrogen) atoms. The number of nitro benzene ring substituents is 1. The molecule has 1 aromatic carbocycles. The van der Waals surface area contributed by atoms with Crippen LogP contribution in [0.4, 0.5) is 5.69 Å². The molecule has 0 unspecified atom stereocenters. The van der Waals surface area contributed by atoms with Gasteiger partial charge in [0.2, 0.25) is 0 Å². The van der Waals surface area contributed by atoms with E-state index in [0.29, 0.717) is 22.4 Å². The summed E-state index contributed by atoms with van der Waals surface area (Å²) in [6.07, 6.45) is 4.46. The predicted octanol–water partition coefficient (Wildman–Crippen LogP) is 4.09. The van der Waals surface area contributed by atoms with Gasteiger partial charge in [-0.25, -0.2) is 0 Å². The van der Waals surface area contributed by atoms with Crippen LogP contribution in [0.25, 0.3) is 0 Å². The van der Waals surface area contributed by atoms with Gasteiger partial charge in [-0.05, 0) is 43.6 Å². The minimum Gasteiger partial charge on any atom is -0.325 e. The average Bonchev–Trinajstić information content (AvgIpc) is 2.36. The first-order valence-electron chi connectivity index (χ1n) is 6.93. The molecule has 0 spiro atoms. The van der Waals surface area contributed by atoms with Gasteiger partial charge >= 0.3 is 0 Å². The van der Waals surface area contributed by atoms with E-state index in [1.54, 1.807) is 12.1 Å². The Bertz CT molecular complexity index is 519. The maximum Gasteiger partial charge on any atom is 0.274 e. The monoisotopic (exact) mass is 296 g/mol. The summed E-state index contributed by atoms with van der Waals surface area (Å²) >= 11 is 5.84. The van der Waals surface area contributed by atoms with Crippen molar-refractivity contribution in [1.29, 1.82) is 0 Å². The topological polar surface area (TPSA) is 69.2 Å². The van der Waals surface area contributed by atoms with Crippen LogP contribution >= 0.6 is 11.6 Å². The van der Waals surface area contributed by atoms with Crippen LogP contribution in [0.5, 0.6) is 0 Å². The highest BCUT2D eigenvalue weighted by Crippen LogP contribution is 2.41. The number of rotatable bonds is 3. The Morgan fingerprint density at radius 1 is 1.30 bits per heavy atom. The van der Waals surface area contributed by atoms with Gasteiger partial charge in [0.25, 0.3) is 5.69 Å². The molecule has 0 heterocycles. The quantitative estimate of drug-likeness (QED) is 0.674. The molecule has 5 heteroatoms. The van der Waals surface area contributed by atoms with Crippen LogP contribution in [0.2, 0.25) is 5.02 Å². The third-order valence-corrected chi connectivity index (χ3v) is 4.62. The largest absolute Gasteiger partial charge is 0.325 e. The summed E-state index contributed by atoms with van der Waals surface area (Å²) in [6, 6.07) is 4.84. The third kappa shape index (κ3) is 3.49. The molecule has 1 aliphatic rings. The summed E-state index contributed by atoms with van der Waals surface area (Å²) in [7, 11) is 0. The molecule has 1 saturated carbocycles. The molecule has 1 fully saturated rings. The smallest absolute Gasteiger partial charge is 0.274 e. The van der Waals surface area contributed by atoms with Crippen molar-refractivity contribution in [1.82, 2.24) is 0 Å². The number of hydrogen-bond acceptors (Lipinski definition) is 3. The van der Waals surface area contributed by atoms with Crippen LogP contribution < -0.4 is 5.73 Å². The van der Waals surface area contributed by atoms with Crippen LogP contribution in [0.1, 0.15) is 45.1 Å². The van der Waals surface area contributed by atoms with Crippen molar-refractivity contribution in [2.45, 2.75) is 51.5 Å². The molecule has 0 bridgehead atoms. The summed E-state index contributed by atoms with van der Waals surface area (Å²) in [6.45, 7) is 4.49. The van der Waals surface area contributed by atoms with E-state index in [-0.39, 0.29) is 16.1 Å². The van der Waals surface area contributed by atoms with Gasteiger partial charge in [-0.2, -0.15) is 0 Å². The molecule has 1 aliphatic carbocycles. The molecule has 0 aromatic heterocycles. The van der Waals surface area contributed by atoms with Gasteiger partial charge in [-0.3, -0.25) is 10.1 Å². The lowest BCUT2D eigenvalue weighted by atomic mass is 9.68. The number of halogens is 1. The van der Waals surface area contributed by atoms with E-state index in [0.717, 1.165) is 25.7 Å². The average molecular weight is 297 g/mol. The van der Waals surface area contributed by atoms with Crippen molar-refractivity contribution in [2.75, 3.05) is 0 Å². The fourth-order valence-corrected chi connectivity index (χ4v) is 3.00. The SMILES string of the molecule is CC1(C)CCC(N)(Cc2ccc(Cl)cc2[N+](=O)[O-])CC1. The van der Waals surface area contributed by atoms with Gasteiger partial charge in [-0.15, -0.1) is 0 Å². The van der Waals surface area contributed by atoms with Crippen molar-refractivity contribution < 1.29 is 4.92 Å². The van der Waals surface area contributed by atoms with Crippen molar-refractivity contribution in [3.8, 4) is 0 Å². The minimum atomic E-state index is -0.378. The van der Waals surface area contributed by atoms with Crippen LogP contribution in [0.3, 0.4) is 0 Å². The Labute approximate surface area is 124 Å². The first kappa shape index (κ1) is 15.3. The second-order valence-electron chi connectivity index (χ2n) is 6.73. The van der Waals surface area contributed by atoms with E-state index < -0.39 is 0 Å². The highest BCUT2D eigenvalue weighted by Gasteiger charge is 2.36. The summed E-state index contributed by atoms with van der Waals surface area (Å²) in [5, 5.41) is 11.5. The van der Waals surface area contributed by atoms with Crippen molar-refractivity contribution in [3.05, 3.63) is 38.9 Å². The molecule has 0 amide bonds. The molecule has 2 rings (SSSR count). The highest BCUT2D eigenvalue weighted by atomic mass is 35.5.